The van der Waals surface area contributed by atoms with Gasteiger partial charge in [-0.15, -0.1) is 0 Å². The molecule has 1 saturated heterocycles. The Morgan fingerprint density at radius 2 is 1.78 bits per heavy atom. The zero-order valence-corrected chi connectivity index (χ0v) is 18.7. The molecular formula is C22H26F2N2O5S. The predicted octanol–water partition coefficient (Wildman–Crippen LogP) is 3.36. The Labute approximate surface area is 186 Å². The monoisotopic (exact) mass is 468 g/mol. The number of nitrogens with zero attached hydrogens (tertiary/aromatic N) is 2. The van der Waals surface area contributed by atoms with E-state index in [9.17, 15) is 22.0 Å². The van der Waals surface area contributed by atoms with Crippen LogP contribution in [0, 0.1) is 5.92 Å². The molecule has 0 saturated carbocycles. The van der Waals surface area contributed by atoms with Crippen LogP contribution in [0.3, 0.4) is 0 Å². The Balaban J connectivity index is 1.61. The Morgan fingerprint density at radius 1 is 1.12 bits per heavy atom. The second-order valence-corrected chi connectivity index (χ2v) is 9.49. The van der Waals surface area contributed by atoms with Crippen molar-refractivity contribution in [1.82, 2.24) is 9.21 Å². The fourth-order valence-corrected chi connectivity index (χ4v) is 5.25. The number of hydrogen-bond donors (Lipinski definition) is 0. The Kier molecular flexibility index (Phi) is 7.68. The smallest absolute Gasteiger partial charge is 0.387 e. The highest BCUT2D eigenvalue weighted by molar-refractivity contribution is 7.89. The number of alkyl halides is 2. The van der Waals surface area contributed by atoms with Gasteiger partial charge >= 0.3 is 6.61 Å². The number of halogens is 2. The van der Waals surface area contributed by atoms with Gasteiger partial charge in [-0.25, -0.2) is 8.42 Å². The van der Waals surface area contributed by atoms with Crippen molar-refractivity contribution in [1.29, 1.82) is 0 Å². The SMILES string of the molecule is COc1ccc(CN(C)C(=O)C2CCN(S(=O)(=O)c3ccccc3)CC2)cc1OC(F)F. The molecule has 0 aromatic heterocycles. The molecule has 7 nitrogen and oxygen atoms in total. The van der Waals surface area contributed by atoms with Gasteiger partial charge in [0, 0.05) is 32.6 Å². The van der Waals surface area contributed by atoms with Crippen molar-refractivity contribution in [2.45, 2.75) is 30.9 Å². The lowest BCUT2D eigenvalue weighted by molar-refractivity contribution is -0.135. The van der Waals surface area contributed by atoms with Gasteiger partial charge < -0.3 is 14.4 Å². The van der Waals surface area contributed by atoms with E-state index in [0.29, 0.717) is 18.4 Å². The van der Waals surface area contributed by atoms with Gasteiger partial charge in [-0.05, 0) is 42.7 Å². The Hall–Kier alpha value is -2.72. The van der Waals surface area contributed by atoms with E-state index < -0.39 is 16.6 Å². The van der Waals surface area contributed by atoms with Crippen LogP contribution in [0.25, 0.3) is 0 Å². The number of piperidine rings is 1. The first-order valence-electron chi connectivity index (χ1n) is 10.1. The van der Waals surface area contributed by atoms with E-state index >= 15 is 0 Å². The van der Waals surface area contributed by atoms with Crippen LogP contribution in [0.15, 0.2) is 53.4 Å². The third-order valence-electron chi connectivity index (χ3n) is 5.42. The highest BCUT2D eigenvalue weighted by Crippen LogP contribution is 2.30. The van der Waals surface area contributed by atoms with E-state index in [-0.39, 0.29) is 47.9 Å². The van der Waals surface area contributed by atoms with Crippen LogP contribution in [0.1, 0.15) is 18.4 Å². The molecule has 0 aliphatic carbocycles. The van der Waals surface area contributed by atoms with Crippen LogP contribution in [0.5, 0.6) is 11.5 Å². The molecule has 32 heavy (non-hydrogen) atoms. The zero-order valence-electron chi connectivity index (χ0n) is 17.9. The van der Waals surface area contributed by atoms with Gasteiger partial charge in [0.25, 0.3) is 0 Å². The maximum absolute atomic E-state index is 12.9. The standard InChI is InChI=1S/C22H26F2N2O5S/c1-25(15-16-8-9-19(30-2)20(14-16)31-22(23)24)21(27)17-10-12-26(13-11-17)32(28,29)18-6-4-3-5-7-18/h3-9,14,17,22H,10-13,15H2,1-2H3. The second-order valence-electron chi connectivity index (χ2n) is 7.55. The van der Waals surface area contributed by atoms with Gasteiger partial charge in [-0.2, -0.15) is 13.1 Å². The van der Waals surface area contributed by atoms with Gasteiger partial charge in [-0.1, -0.05) is 24.3 Å². The summed E-state index contributed by atoms with van der Waals surface area (Å²) in [6.07, 6.45) is 0.829. The lowest BCUT2D eigenvalue weighted by atomic mass is 9.96. The molecule has 0 radical (unpaired) electrons. The van der Waals surface area contributed by atoms with Crippen molar-refractivity contribution in [2.75, 3.05) is 27.2 Å². The summed E-state index contributed by atoms with van der Waals surface area (Å²) in [5, 5.41) is 0. The maximum Gasteiger partial charge on any atom is 0.387 e. The van der Waals surface area contributed by atoms with E-state index in [2.05, 4.69) is 4.74 Å². The van der Waals surface area contributed by atoms with Crippen LogP contribution < -0.4 is 9.47 Å². The highest BCUT2D eigenvalue weighted by atomic mass is 32.2. The lowest BCUT2D eigenvalue weighted by Crippen LogP contribution is -2.43. The number of hydrogen-bond acceptors (Lipinski definition) is 5. The number of ether oxygens (including phenoxy) is 2. The molecule has 2 aromatic rings. The average Bonchev–Trinajstić information content (AvgIpc) is 2.79. The summed E-state index contributed by atoms with van der Waals surface area (Å²) in [6.45, 7) is -2.27. The average molecular weight is 469 g/mol. The first-order chi connectivity index (χ1) is 15.2. The van der Waals surface area contributed by atoms with Gasteiger partial charge in [0.15, 0.2) is 11.5 Å². The number of methoxy groups -OCH3 is 1. The molecule has 0 N–H and O–H groups in total. The second kappa shape index (κ2) is 10.3. The lowest BCUT2D eigenvalue weighted by Gasteiger charge is -2.32. The Morgan fingerprint density at radius 3 is 2.38 bits per heavy atom. The molecule has 0 bridgehead atoms. The highest BCUT2D eigenvalue weighted by Gasteiger charge is 2.33. The molecule has 0 spiro atoms. The molecule has 0 atom stereocenters. The van der Waals surface area contributed by atoms with Crippen molar-refractivity contribution in [2.24, 2.45) is 5.92 Å². The zero-order chi connectivity index (χ0) is 23.3. The van der Waals surface area contributed by atoms with E-state index in [1.165, 1.54) is 28.4 Å². The molecule has 1 fully saturated rings. The molecule has 3 rings (SSSR count). The number of carbonyl (C=O) groups excluding carboxylic acids is 1. The summed E-state index contributed by atoms with van der Waals surface area (Å²) in [5.74, 6) is -0.346. The van der Waals surface area contributed by atoms with Crippen LogP contribution >= 0.6 is 0 Å². The molecule has 1 amide bonds. The third-order valence-corrected chi connectivity index (χ3v) is 7.34. The van der Waals surface area contributed by atoms with Crippen molar-refractivity contribution in [3.05, 3.63) is 54.1 Å². The van der Waals surface area contributed by atoms with E-state index in [1.807, 2.05) is 0 Å². The van der Waals surface area contributed by atoms with Gasteiger partial charge in [-0.3, -0.25) is 4.79 Å². The molecule has 1 aliphatic rings. The van der Waals surface area contributed by atoms with Crippen LogP contribution in [-0.4, -0.2) is 57.4 Å². The number of rotatable bonds is 8. The summed E-state index contributed by atoms with van der Waals surface area (Å²) in [7, 11) is -0.593. The van der Waals surface area contributed by atoms with E-state index in [0.717, 1.165) is 0 Å². The van der Waals surface area contributed by atoms with Crippen molar-refractivity contribution in [3.8, 4) is 11.5 Å². The van der Waals surface area contributed by atoms with Gasteiger partial charge in [0.1, 0.15) is 0 Å². The number of amides is 1. The number of benzene rings is 2. The summed E-state index contributed by atoms with van der Waals surface area (Å²) < 4.78 is 61.7. The summed E-state index contributed by atoms with van der Waals surface area (Å²) in [6, 6.07) is 12.8. The molecule has 0 unspecified atom stereocenters. The largest absolute Gasteiger partial charge is 0.493 e. The fraction of sp³-hybridized carbons (Fsp3) is 0.409. The van der Waals surface area contributed by atoms with Crippen LogP contribution in [0.4, 0.5) is 8.78 Å². The maximum atomic E-state index is 12.9. The summed E-state index contributed by atoms with van der Waals surface area (Å²) in [4.78, 5) is 14.6. The minimum atomic E-state index is -3.58. The first-order valence-corrected chi connectivity index (χ1v) is 11.6. The molecular weight excluding hydrogens is 442 g/mol. The Bertz CT molecular complexity index is 1030. The van der Waals surface area contributed by atoms with E-state index in [1.54, 1.807) is 43.4 Å². The molecule has 1 aliphatic heterocycles. The van der Waals surface area contributed by atoms with E-state index in [4.69, 9.17) is 4.74 Å². The van der Waals surface area contributed by atoms with Crippen LogP contribution in [-0.2, 0) is 21.4 Å². The quantitative estimate of drug-likeness (QED) is 0.594. The number of carbonyl (C=O) groups is 1. The molecule has 2 aromatic carbocycles. The molecule has 1 heterocycles. The first kappa shape index (κ1) is 23.9. The molecule has 10 heteroatoms. The minimum absolute atomic E-state index is 0.0970. The topological polar surface area (TPSA) is 76.2 Å². The van der Waals surface area contributed by atoms with Crippen molar-refractivity contribution >= 4 is 15.9 Å². The normalized spacial score (nSPS) is 15.5. The fourth-order valence-electron chi connectivity index (χ4n) is 3.76. The number of sulfonamides is 1. The summed E-state index contributed by atoms with van der Waals surface area (Å²) in [5.41, 5.74) is 0.612. The molecule has 174 valence electrons. The van der Waals surface area contributed by atoms with Gasteiger partial charge in [0.2, 0.25) is 15.9 Å². The summed E-state index contributed by atoms with van der Waals surface area (Å²) >= 11 is 0. The predicted molar refractivity (Wildman–Crippen MR) is 114 cm³/mol. The van der Waals surface area contributed by atoms with Crippen LogP contribution in [0.2, 0.25) is 0 Å². The minimum Gasteiger partial charge on any atom is -0.493 e. The van der Waals surface area contributed by atoms with Crippen molar-refractivity contribution in [3.63, 3.8) is 0 Å². The van der Waals surface area contributed by atoms with Crippen molar-refractivity contribution < 1.29 is 31.5 Å². The third kappa shape index (κ3) is 5.55. The van der Waals surface area contributed by atoms with Gasteiger partial charge in [0.05, 0.1) is 12.0 Å².